The van der Waals surface area contributed by atoms with Gasteiger partial charge >= 0.3 is 65.2 Å². The minimum atomic E-state index is -4.29. The monoisotopic (exact) mass is 392 g/mol. The van der Waals surface area contributed by atoms with Crippen LogP contribution in [0.25, 0.3) is 10.8 Å². The summed E-state index contributed by atoms with van der Waals surface area (Å²) in [5.41, 5.74) is 0. The second-order valence-electron chi connectivity index (χ2n) is 3.28. The van der Waals surface area contributed by atoms with E-state index in [1.807, 2.05) is 0 Å². The first-order chi connectivity index (χ1) is 8.00. The molecule has 5 nitrogen and oxygen atoms in total. The molecular formula is C11H10BaO5S. The number of fused-ring (bicyclic) bond motifs is 1. The fourth-order valence-electron chi connectivity index (χ4n) is 1.55. The van der Waals surface area contributed by atoms with Gasteiger partial charge < -0.3 is 12.1 Å². The Hall–Kier alpha value is -0.509. The molecule has 0 saturated heterocycles. The van der Waals surface area contributed by atoms with E-state index in [9.17, 15) is 13.2 Å². The zero-order valence-corrected chi connectivity index (χ0v) is 14.5. The molecule has 0 atom stereocenters. The van der Waals surface area contributed by atoms with E-state index in [1.165, 1.54) is 12.1 Å². The molecule has 0 saturated carbocycles. The molecule has 0 bridgehead atoms. The molecule has 2 rings (SSSR count). The fraction of sp³-hybridized carbons (Fsp3) is 0. The van der Waals surface area contributed by atoms with Crippen molar-refractivity contribution in [3.05, 3.63) is 42.5 Å². The maximum absolute atomic E-state index is 11.7. The normalized spacial score (nSPS) is 10.7. The largest absolute Gasteiger partial charge is 2.00 e. The van der Waals surface area contributed by atoms with Gasteiger partial charge in [0.1, 0.15) is 4.90 Å². The zero-order valence-electron chi connectivity index (χ0n) is 11.2. The quantitative estimate of drug-likeness (QED) is 0.626. The SMILES string of the molecule is O=C(O)OS(=O)(=O)c1cccc2ccccc12.[Ba+2].[H-].[H-]. The van der Waals surface area contributed by atoms with Crippen molar-refractivity contribution >= 4 is 75.9 Å². The molecule has 92 valence electrons. The van der Waals surface area contributed by atoms with E-state index >= 15 is 0 Å². The van der Waals surface area contributed by atoms with Crippen LogP contribution in [0.1, 0.15) is 2.85 Å². The number of benzene rings is 2. The third-order valence-corrected chi connectivity index (χ3v) is 3.46. The van der Waals surface area contributed by atoms with Crippen LogP contribution in [0.4, 0.5) is 4.79 Å². The van der Waals surface area contributed by atoms with Gasteiger partial charge in [0.15, 0.2) is 0 Å². The van der Waals surface area contributed by atoms with Crippen molar-refractivity contribution in [3.8, 4) is 0 Å². The third kappa shape index (κ3) is 3.28. The van der Waals surface area contributed by atoms with Crippen LogP contribution in [0.2, 0.25) is 0 Å². The Bertz CT molecular complexity index is 685. The smallest absolute Gasteiger partial charge is 1.00 e. The molecule has 0 radical (unpaired) electrons. The van der Waals surface area contributed by atoms with Crippen molar-refractivity contribution in [2.75, 3.05) is 0 Å². The van der Waals surface area contributed by atoms with E-state index in [2.05, 4.69) is 4.18 Å². The molecule has 18 heavy (non-hydrogen) atoms. The Morgan fingerprint density at radius 2 is 1.72 bits per heavy atom. The Morgan fingerprint density at radius 1 is 1.11 bits per heavy atom. The average molecular weight is 392 g/mol. The Kier molecular flexibility index (Phi) is 5.26. The van der Waals surface area contributed by atoms with Gasteiger partial charge in [0, 0.05) is 5.39 Å². The molecule has 0 amide bonds. The van der Waals surface area contributed by atoms with Crippen LogP contribution in [0, 0.1) is 0 Å². The molecule has 1 N–H and O–H groups in total. The first kappa shape index (κ1) is 15.5. The summed E-state index contributed by atoms with van der Waals surface area (Å²) in [6.07, 6.45) is -1.85. The molecule has 2 aromatic carbocycles. The number of carboxylic acid groups (broad SMARTS) is 1. The summed E-state index contributed by atoms with van der Waals surface area (Å²) >= 11 is 0. The minimum absolute atomic E-state index is 0. The van der Waals surface area contributed by atoms with E-state index in [0.717, 1.165) is 0 Å². The molecule has 0 aliphatic rings. The fourth-order valence-corrected chi connectivity index (χ4v) is 2.53. The van der Waals surface area contributed by atoms with Crippen LogP contribution in [-0.2, 0) is 14.3 Å². The van der Waals surface area contributed by atoms with Gasteiger partial charge in [0.25, 0.3) is 0 Å². The van der Waals surface area contributed by atoms with Crippen LogP contribution in [0.3, 0.4) is 0 Å². The van der Waals surface area contributed by atoms with E-state index in [4.69, 9.17) is 5.11 Å². The number of carbonyl (C=O) groups is 1. The van der Waals surface area contributed by atoms with E-state index < -0.39 is 16.3 Å². The molecule has 0 aliphatic heterocycles. The second kappa shape index (κ2) is 6.09. The van der Waals surface area contributed by atoms with E-state index in [0.29, 0.717) is 10.8 Å². The van der Waals surface area contributed by atoms with Crippen molar-refractivity contribution in [3.63, 3.8) is 0 Å². The average Bonchev–Trinajstić information content (AvgIpc) is 2.26. The van der Waals surface area contributed by atoms with Crippen LogP contribution in [0.5, 0.6) is 0 Å². The molecule has 2 aromatic rings. The number of hydrogen-bond donors (Lipinski definition) is 1. The molecule has 0 aliphatic carbocycles. The molecule has 0 fully saturated rings. The second-order valence-corrected chi connectivity index (χ2v) is 4.80. The Labute approximate surface area is 147 Å². The minimum Gasteiger partial charge on any atom is -1.00 e. The maximum atomic E-state index is 11.7. The Balaban J connectivity index is 0. The number of rotatable bonds is 2. The molecule has 0 unspecified atom stereocenters. The first-order valence-electron chi connectivity index (χ1n) is 4.66. The number of hydrogen-bond acceptors (Lipinski definition) is 4. The summed E-state index contributed by atoms with van der Waals surface area (Å²) in [6, 6.07) is 11.3. The molecule has 7 heteroatoms. The van der Waals surface area contributed by atoms with Crippen molar-refractivity contribution in [1.82, 2.24) is 0 Å². The van der Waals surface area contributed by atoms with Gasteiger partial charge in [0.05, 0.1) is 0 Å². The zero-order chi connectivity index (χ0) is 12.5. The predicted molar refractivity (Wildman–Crippen MR) is 68.2 cm³/mol. The van der Waals surface area contributed by atoms with Crippen molar-refractivity contribution in [1.29, 1.82) is 0 Å². The van der Waals surface area contributed by atoms with Crippen LogP contribution in [0.15, 0.2) is 47.4 Å². The Morgan fingerprint density at radius 3 is 2.39 bits per heavy atom. The van der Waals surface area contributed by atoms with Gasteiger partial charge in [-0.1, -0.05) is 36.4 Å². The molecule has 0 heterocycles. The summed E-state index contributed by atoms with van der Waals surface area (Å²) in [5, 5.41) is 9.51. The summed E-state index contributed by atoms with van der Waals surface area (Å²) in [6.45, 7) is 0. The van der Waals surface area contributed by atoms with Crippen molar-refractivity contribution < 1.29 is 25.4 Å². The van der Waals surface area contributed by atoms with Gasteiger partial charge in [0.2, 0.25) is 0 Å². The van der Waals surface area contributed by atoms with E-state index in [1.54, 1.807) is 30.3 Å². The van der Waals surface area contributed by atoms with Crippen LogP contribution < -0.4 is 0 Å². The summed E-state index contributed by atoms with van der Waals surface area (Å²) in [4.78, 5) is 10.2. The predicted octanol–water partition coefficient (Wildman–Crippen LogP) is 2.07. The first-order valence-corrected chi connectivity index (χ1v) is 6.07. The van der Waals surface area contributed by atoms with Gasteiger partial charge in [-0.2, -0.15) is 8.42 Å². The van der Waals surface area contributed by atoms with Gasteiger partial charge in [-0.15, -0.1) is 0 Å². The summed E-state index contributed by atoms with van der Waals surface area (Å²) < 4.78 is 27.2. The molecular weight excluding hydrogens is 382 g/mol. The molecule has 0 spiro atoms. The maximum Gasteiger partial charge on any atom is 2.00 e. The topological polar surface area (TPSA) is 80.7 Å². The summed E-state index contributed by atoms with van der Waals surface area (Å²) in [7, 11) is -4.29. The van der Waals surface area contributed by atoms with Gasteiger partial charge in [-0.05, 0) is 11.5 Å². The van der Waals surface area contributed by atoms with Gasteiger partial charge in [-0.3, -0.25) is 0 Å². The van der Waals surface area contributed by atoms with Crippen molar-refractivity contribution in [2.24, 2.45) is 0 Å². The molecule has 0 aromatic heterocycles. The van der Waals surface area contributed by atoms with Gasteiger partial charge in [-0.25, -0.2) is 4.79 Å². The van der Waals surface area contributed by atoms with Crippen LogP contribution in [-0.4, -0.2) is 68.6 Å². The van der Waals surface area contributed by atoms with Crippen LogP contribution >= 0.6 is 0 Å². The summed E-state index contributed by atoms with van der Waals surface area (Å²) in [5.74, 6) is 0. The third-order valence-electron chi connectivity index (χ3n) is 2.20. The standard InChI is InChI=1S/C11H8O5S.Ba.2H/c12-11(13)16-17(14,15)10-7-3-5-8-4-1-2-6-9(8)10;;;/h1-7H,(H,12,13);;;/q;+2;2*-1. The van der Waals surface area contributed by atoms with E-state index in [-0.39, 0.29) is 56.6 Å². The van der Waals surface area contributed by atoms with Crippen molar-refractivity contribution in [2.45, 2.75) is 4.90 Å².